The summed E-state index contributed by atoms with van der Waals surface area (Å²) in [6.07, 6.45) is 8.69. The highest BCUT2D eigenvalue weighted by molar-refractivity contribution is 8.00. The molecule has 122 valence electrons. The molecule has 6 heteroatoms. The maximum atomic E-state index is 12.6. The maximum Gasteiger partial charge on any atom is 0.233 e. The molecule has 1 saturated heterocycles. The molecular weight excluding hydrogens is 326 g/mol. The molecule has 2 aromatic heterocycles. The lowest BCUT2D eigenvalue weighted by Crippen LogP contribution is -2.42. The van der Waals surface area contributed by atoms with Crippen molar-refractivity contribution in [2.24, 2.45) is 0 Å². The van der Waals surface area contributed by atoms with Crippen molar-refractivity contribution in [2.45, 2.75) is 56.5 Å². The van der Waals surface area contributed by atoms with E-state index in [-0.39, 0.29) is 5.91 Å². The Kier molecular flexibility index (Phi) is 4.28. The zero-order valence-electron chi connectivity index (χ0n) is 13.4. The maximum absolute atomic E-state index is 12.6. The molecule has 0 radical (unpaired) electrons. The van der Waals surface area contributed by atoms with Gasteiger partial charge in [-0.05, 0) is 51.0 Å². The van der Waals surface area contributed by atoms with Gasteiger partial charge in [0.15, 0.2) is 0 Å². The highest BCUT2D eigenvalue weighted by Gasteiger charge is 2.25. The van der Waals surface area contributed by atoms with Gasteiger partial charge in [0.05, 0.1) is 5.75 Å². The lowest BCUT2D eigenvalue weighted by molar-refractivity contribution is -0.131. The molecule has 1 aliphatic heterocycles. The van der Waals surface area contributed by atoms with Crippen molar-refractivity contribution in [3.63, 3.8) is 0 Å². The number of aromatic nitrogens is 2. The summed E-state index contributed by atoms with van der Waals surface area (Å²) in [7, 11) is 0. The summed E-state index contributed by atoms with van der Waals surface area (Å²) in [5.41, 5.74) is 1.44. The molecule has 3 heterocycles. The topological polar surface area (TPSA) is 46.1 Å². The highest BCUT2D eigenvalue weighted by atomic mass is 32.2. The van der Waals surface area contributed by atoms with E-state index < -0.39 is 0 Å². The number of rotatable bonds is 3. The van der Waals surface area contributed by atoms with E-state index in [2.05, 4.69) is 16.9 Å². The average Bonchev–Trinajstić information content (AvgIpc) is 3.13. The highest BCUT2D eigenvalue weighted by Crippen LogP contribution is 2.40. The van der Waals surface area contributed by atoms with Gasteiger partial charge in [-0.2, -0.15) is 0 Å². The number of amides is 1. The molecule has 1 fully saturated rings. The first-order valence-electron chi connectivity index (χ1n) is 8.41. The van der Waals surface area contributed by atoms with Crippen LogP contribution in [0.1, 0.15) is 43.0 Å². The monoisotopic (exact) mass is 347 g/mol. The fraction of sp³-hybridized carbons (Fsp3) is 0.588. The number of thioether (sulfide) groups is 1. The molecule has 0 spiro atoms. The van der Waals surface area contributed by atoms with Crippen molar-refractivity contribution in [3.05, 3.63) is 16.8 Å². The predicted molar refractivity (Wildman–Crippen MR) is 95.2 cm³/mol. The second-order valence-corrected chi connectivity index (χ2v) is 8.48. The summed E-state index contributed by atoms with van der Waals surface area (Å²) < 4.78 is 0. The first-order valence-corrected chi connectivity index (χ1v) is 10.2. The first kappa shape index (κ1) is 15.4. The van der Waals surface area contributed by atoms with Crippen LogP contribution in [0, 0.1) is 0 Å². The Morgan fingerprint density at radius 3 is 3.13 bits per heavy atom. The number of piperidine rings is 1. The van der Waals surface area contributed by atoms with Crippen LogP contribution in [0.15, 0.2) is 11.4 Å². The van der Waals surface area contributed by atoms with Crippen LogP contribution in [0.2, 0.25) is 0 Å². The van der Waals surface area contributed by atoms with Crippen LogP contribution in [0.3, 0.4) is 0 Å². The third-order valence-electron chi connectivity index (χ3n) is 4.92. The SMILES string of the molecule is C[C@H]1CCCCN1C(=O)CSc1ncnc2sc3c(c12)CCC3. The molecule has 1 atom stereocenters. The Morgan fingerprint density at radius 2 is 2.26 bits per heavy atom. The van der Waals surface area contributed by atoms with Gasteiger partial charge in [-0.15, -0.1) is 11.3 Å². The van der Waals surface area contributed by atoms with Gasteiger partial charge in [-0.1, -0.05) is 11.8 Å². The number of fused-ring (bicyclic) bond motifs is 3. The number of carbonyl (C=O) groups is 1. The van der Waals surface area contributed by atoms with E-state index in [1.807, 2.05) is 4.90 Å². The van der Waals surface area contributed by atoms with Crippen LogP contribution in [-0.2, 0) is 17.6 Å². The van der Waals surface area contributed by atoms with Crippen LogP contribution in [0.5, 0.6) is 0 Å². The summed E-state index contributed by atoms with van der Waals surface area (Å²) in [6.45, 7) is 3.07. The Labute approximate surface area is 144 Å². The van der Waals surface area contributed by atoms with Crippen molar-refractivity contribution in [2.75, 3.05) is 12.3 Å². The Hall–Kier alpha value is -1.14. The quantitative estimate of drug-likeness (QED) is 0.628. The molecule has 0 N–H and O–H groups in total. The van der Waals surface area contributed by atoms with Crippen LogP contribution in [0.25, 0.3) is 10.2 Å². The Morgan fingerprint density at radius 1 is 1.35 bits per heavy atom. The smallest absolute Gasteiger partial charge is 0.233 e. The van der Waals surface area contributed by atoms with Gasteiger partial charge < -0.3 is 4.90 Å². The lowest BCUT2D eigenvalue weighted by atomic mass is 10.0. The number of likely N-dealkylation sites (tertiary alicyclic amines) is 1. The molecule has 4 rings (SSSR count). The zero-order chi connectivity index (χ0) is 15.8. The Balaban J connectivity index is 1.53. The molecule has 0 aromatic carbocycles. The lowest BCUT2D eigenvalue weighted by Gasteiger charge is -2.33. The molecule has 0 unspecified atom stereocenters. The van der Waals surface area contributed by atoms with Gasteiger partial charge >= 0.3 is 0 Å². The minimum atomic E-state index is 0.251. The second kappa shape index (κ2) is 6.40. The van der Waals surface area contributed by atoms with E-state index >= 15 is 0 Å². The molecule has 0 saturated carbocycles. The number of thiophene rings is 1. The Bertz CT molecular complexity index is 743. The van der Waals surface area contributed by atoms with Crippen molar-refractivity contribution in [3.8, 4) is 0 Å². The minimum absolute atomic E-state index is 0.251. The van der Waals surface area contributed by atoms with Gasteiger partial charge in [0.1, 0.15) is 16.2 Å². The van der Waals surface area contributed by atoms with Crippen LogP contribution >= 0.6 is 23.1 Å². The zero-order valence-corrected chi connectivity index (χ0v) is 15.0. The molecule has 0 bridgehead atoms. The molecule has 1 amide bonds. The van der Waals surface area contributed by atoms with Crippen LogP contribution in [0.4, 0.5) is 0 Å². The van der Waals surface area contributed by atoms with Gasteiger partial charge in [-0.25, -0.2) is 9.97 Å². The van der Waals surface area contributed by atoms with Crippen LogP contribution < -0.4 is 0 Å². The van der Waals surface area contributed by atoms with E-state index in [9.17, 15) is 4.79 Å². The largest absolute Gasteiger partial charge is 0.339 e. The van der Waals surface area contributed by atoms with Crippen molar-refractivity contribution in [1.82, 2.24) is 14.9 Å². The summed E-state index contributed by atoms with van der Waals surface area (Å²) in [4.78, 5) is 26.1. The van der Waals surface area contributed by atoms with E-state index in [1.54, 1.807) is 29.4 Å². The molecule has 1 aliphatic carbocycles. The third kappa shape index (κ3) is 2.87. The van der Waals surface area contributed by atoms with Crippen molar-refractivity contribution < 1.29 is 4.79 Å². The van der Waals surface area contributed by atoms with Crippen LogP contribution in [-0.4, -0.2) is 39.1 Å². The third-order valence-corrected chi connectivity index (χ3v) is 7.10. The van der Waals surface area contributed by atoms with Gasteiger partial charge in [0, 0.05) is 22.8 Å². The fourth-order valence-corrected chi connectivity index (χ4v) is 5.90. The number of carbonyl (C=O) groups excluding carboxylic acids is 1. The van der Waals surface area contributed by atoms with E-state index in [0.717, 1.165) is 35.7 Å². The van der Waals surface area contributed by atoms with Gasteiger partial charge in [0.25, 0.3) is 0 Å². The molecule has 4 nitrogen and oxygen atoms in total. The van der Waals surface area contributed by atoms with E-state index in [1.165, 1.54) is 35.1 Å². The minimum Gasteiger partial charge on any atom is -0.339 e. The number of hydrogen-bond donors (Lipinski definition) is 0. The average molecular weight is 348 g/mol. The summed E-state index contributed by atoms with van der Waals surface area (Å²) in [5.74, 6) is 0.738. The van der Waals surface area contributed by atoms with Crippen molar-refractivity contribution in [1.29, 1.82) is 0 Å². The second-order valence-electron chi connectivity index (χ2n) is 6.44. The van der Waals surface area contributed by atoms with Crippen molar-refractivity contribution >= 4 is 39.2 Å². The molecular formula is C17H21N3OS2. The van der Waals surface area contributed by atoms with E-state index in [0.29, 0.717) is 11.8 Å². The summed E-state index contributed by atoms with van der Waals surface area (Å²) >= 11 is 3.39. The standard InChI is InChI=1S/C17H21N3OS2/c1-11-5-2-3-8-20(11)14(21)9-22-16-15-12-6-4-7-13(12)23-17(15)19-10-18-16/h10-11H,2-9H2,1H3/t11-/m0/s1. The predicted octanol–water partition coefficient (Wildman–Crippen LogP) is 3.67. The molecule has 2 aliphatic rings. The molecule has 2 aromatic rings. The number of aryl methyl sites for hydroxylation is 2. The molecule has 23 heavy (non-hydrogen) atoms. The number of nitrogens with zero attached hydrogens (tertiary/aromatic N) is 3. The van der Waals surface area contributed by atoms with Gasteiger partial charge in [-0.3, -0.25) is 4.79 Å². The first-order chi connectivity index (χ1) is 11.2. The number of hydrogen-bond acceptors (Lipinski definition) is 5. The normalized spacial score (nSPS) is 20.9. The summed E-state index contributed by atoms with van der Waals surface area (Å²) in [6, 6.07) is 0.382. The fourth-order valence-electron chi connectivity index (χ4n) is 3.69. The van der Waals surface area contributed by atoms with Gasteiger partial charge in [0.2, 0.25) is 5.91 Å². The summed E-state index contributed by atoms with van der Waals surface area (Å²) in [5, 5.41) is 2.21. The van der Waals surface area contributed by atoms with E-state index in [4.69, 9.17) is 0 Å².